The molecule has 1 aromatic rings. The molecule has 0 nitrogen and oxygen atoms in total. The Kier molecular flexibility index (Phi) is 4.95. The van der Waals surface area contributed by atoms with E-state index in [-0.39, 0.29) is 5.41 Å². The van der Waals surface area contributed by atoms with Gasteiger partial charge in [0.05, 0.1) is 10.0 Å². The highest BCUT2D eigenvalue weighted by molar-refractivity contribution is 9.09. The molecule has 0 aliphatic rings. The Morgan fingerprint density at radius 1 is 1.27 bits per heavy atom. The monoisotopic (exact) mass is 308 g/mol. The van der Waals surface area contributed by atoms with Crippen LogP contribution in [0.15, 0.2) is 18.2 Å². The van der Waals surface area contributed by atoms with Crippen molar-refractivity contribution in [1.29, 1.82) is 0 Å². The molecule has 3 heteroatoms. The van der Waals surface area contributed by atoms with Gasteiger partial charge in [0.2, 0.25) is 0 Å². The third-order valence-electron chi connectivity index (χ3n) is 2.79. The average molecular weight is 310 g/mol. The van der Waals surface area contributed by atoms with E-state index in [0.29, 0.717) is 10.0 Å². The van der Waals surface area contributed by atoms with Crippen molar-refractivity contribution in [2.75, 3.05) is 5.33 Å². The molecule has 1 rings (SSSR count). The Bertz CT molecular complexity index is 332. The fourth-order valence-corrected chi connectivity index (χ4v) is 2.32. The van der Waals surface area contributed by atoms with Gasteiger partial charge >= 0.3 is 0 Å². The van der Waals surface area contributed by atoms with E-state index in [0.717, 1.165) is 18.2 Å². The number of alkyl halides is 1. The van der Waals surface area contributed by atoms with Gasteiger partial charge in [-0.05, 0) is 36.0 Å². The number of halogens is 3. The molecule has 0 heterocycles. The molecule has 15 heavy (non-hydrogen) atoms. The van der Waals surface area contributed by atoms with Gasteiger partial charge in [-0.1, -0.05) is 59.0 Å². The van der Waals surface area contributed by atoms with Crippen LogP contribution < -0.4 is 0 Å². The molecule has 1 aromatic carbocycles. The zero-order valence-electron chi connectivity index (χ0n) is 8.99. The summed E-state index contributed by atoms with van der Waals surface area (Å²) >= 11 is 15.4. The minimum atomic E-state index is 0.289. The van der Waals surface area contributed by atoms with Gasteiger partial charge in [0.15, 0.2) is 0 Å². The van der Waals surface area contributed by atoms with Crippen LogP contribution in [0.1, 0.15) is 25.8 Å². The van der Waals surface area contributed by atoms with Crippen molar-refractivity contribution in [2.45, 2.75) is 26.7 Å². The van der Waals surface area contributed by atoms with E-state index < -0.39 is 0 Å². The molecule has 0 spiro atoms. The maximum Gasteiger partial charge on any atom is 0.0595 e. The SMILES string of the molecule is CCC(C)(CBr)Cc1ccc(Cl)c(Cl)c1. The molecule has 0 bridgehead atoms. The number of rotatable bonds is 4. The van der Waals surface area contributed by atoms with Crippen LogP contribution >= 0.6 is 39.1 Å². The van der Waals surface area contributed by atoms with Crippen LogP contribution in [0.4, 0.5) is 0 Å². The molecular formula is C12H15BrCl2. The first-order valence-corrected chi connectivity index (χ1v) is 6.88. The number of hydrogen-bond donors (Lipinski definition) is 0. The van der Waals surface area contributed by atoms with Crippen molar-refractivity contribution in [2.24, 2.45) is 5.41 Å². The van der Waals surface area contributed by atoms with Crippen LogP contribution in [0.3, 0.4) is 0 Å². The predicted octanol–water partition coefficient (Wildman–Crippen LogP) is 5.35. The summed E-state index contributed by atoms with van der Waals surface area (Å²) in [5, 5.41) is 2.26. The summed E-state index contributed by atoms with van der Waals surface area (Å²) in [5.41, 5.74) is 1.53. The van der Waals surface area contributed by atoms with Gasteiger partial charge in [-0.15, -0.1) is 0 Å². The molecule has 0 saturated carbocycles. The first kappa shape index (κ1) is 13.3. The minimum absolute atomic E-state index is 0.289. The Balaban J connectivity index is 2.85. The van der Waals surface area contributed by atoms with E-state index >= 15 is 0 Å². The maximum atomic E-state index is 5.99. The van der Waals surface area contributed by atoms with Gasteiger partial charge in [-0.25, -0.2) is 0 Å². The van der Waals surface area contributed by atoms with E-state index in [1.54, 1.807) is 0 Å². The Morgan fingerprint density at radius 2 is 1.93 bits per heavy atom. The molecule has 0 fully saturated rings. The lowest BCUT2D eigenvalue weighted by Crippen LogP contribution is -2.20. The van der Waals surface area contributed by atoms with Crippen LogP contribution in [-0.4, -0.2) is 5.33 Å². The second kappa shape index (κ2) is 5.56. The summed E-state index contributed by atoms with van der Waals surface area (Å²) in [6, 6.07) is 5.87. The molecule has 0 aromatic heterocycles. The highest BCUT2D eigenvalue weighted by atomic mass is 79.9. The Labute approximate surface area is 110 Å². The molecule has 1 atom stereocenters. The quantitative estimate of drug-likeness (QED) is 0.658. The van der Waals surface area contributed by atoms with Gasteiger partial charge in [-0.3, -0.25) is 0 Å². The Hall–Kier alpha value is 0.280. The molecule has 0 amide bonds. The second-order valence-corrected chi connectivity index (χ2v) is 5.60. The summed E-state index contributed by atoms with van der Waals surface area (Å²) in [6.07, 6.45) is 2.16. The summed E-state index contributed by atoms with van der Waals surface area (Å²) < 4.78 is 0. The molecule has 0 radical (unpaired) electrons. The predicted molar refractivity (Wildman–Crippen MR) is 72.4 cm³/mol. The number of benzene rings is 1. The molecular weight excluding hydrogens is 295 g/mol. The first-order valence-electron chi connectivity index (χ1n) is 5.00. The normalized spacial score (nSPS) is 15.0. The van der Waals surface area contributed by atoms with E-state index in [1.807, 2.05) is 18.2 Å². The van der Waals surface area contributed by atoms with Crippen LogP contribution in [0.5, 0.6) is 0 Å². The topological polar surface area (TPSA) is 0 Å². The zero-order valence-corrected chi connectivity index (χ0v) is 12.1. The van der Waals surface area contributed by atoms with Gasteiger partial charge in [-0.2, -0.15) is 0 Å². The van der Waals surface area contributed by atoms with Crippen LogP contribution in [0, 0.1) is 5.41 Å². The lowest BCUT2D eigenvalue weighted by Gasteiger charge is -2.25. The average Bonchev–Trinajstić information content (AvgIpc) is 2.23. The lowest BCUT2D eigenvalue weighted by molar-refractivity contribution is 0.361. The third kappa shape index (κ3) is 3.65. The highest BCUT2D eigenvalue weighted by Gasteiger charge is 2.21. The molecule has 0 aliphatic heterocycles. The van der Waals surface area contributed by atoms with Gasteiger partial charge < -0.3 is 0 Å². The molecule has 84 valence electrons. The van der Waals surface area contributed by atoms with Crippen LogP contribution in [0.25, 0.3) is 0 Å². The van der Waals surface area contributed by atoms with Gasteiger partial charge in [0.25, 0.3) is 0 Å². The molecule has 1 unspecified atom stereocenters. The van der Waals surface area contributed by atoms with Gasteiger partial charge in [0.1, 0.15) is 0 Å². The first-order chi connectivity index (χ1) is 7.00. The van der Waals surface area contributed by atoms with Crippen molar-refractivity contribution >= 4 is 39.1 Å². The van der Waals surface area contributed by atoms with Crippen LogP contribution in [0.2, 0.25) is 10.0 Å². The molecule has 0 saturated heterocycles. The third-order valence-corrected chi connectivity index (χ3v) is 4.88. The summed E-state index contributed by atoms with van der Waals surface area (Å²) in [7, 11) is 0. The fraction of sp³-hybridized carbons (Fsp3) is 0.500. The summed E-state index contributed by atoms with van der Waals surface area (Å²) in [6.45, 7) is 4.48. The lowest BCUT2D eigenvalue weighted by atomic mass is 9.83. The Morgan fingerprint density at radius 3 is 2.40 bits per heavy atom. The van der Waals surface area contributed by atoms with Crippen LogP contribution in [-0.2, 0) is 6.42 Å². The smallest absolute Gasteiger partial charge is 0.0595 e. The van der Waals surface area contributed by atoms with Crippen molar-refractivity contribution in [3.8, 4) is 0 Å². The minimum Gasteiger partial charge on any atom is -0.0922 e. The highest BCUT2D eigenvalue weighted by Crippen LogP contribution is 2.31. The van der Waals surface area contributed by atoms with Crippen molar-refractivity contribution < 1.29 is 0 Å². The van der Waals surface area contributed by atoms with Gasteiger partial charge in [0, 0.05) is 5.33 Å². The van der Waals surface area contributed by atoms with E-state index in [2.05, 4.69) is 29.8 Å². The molecule has 0 aliphatic carbocycles. The van der Waals surface area contributed by atoms with E-state index in [1.165, 1.54) is 5.56 Å². The standard InChI is InChI=1S/C12H15BrCl2/c1-3-12(2,8-13)7-9-4-5-10(14)11(15)6-9/h4-6H,3,7-8H2,1-2H3. The van der Waals surface area contributed by atoms with Crippen molar-refractivity contribution in [3.63, 3.8) is 0 Å². The maximum absolute atomic E-state index is 5.99. The molecule has 0 N–H and O–H groups in total. The summed E-state index contributed by atoms with van der Waals surface area (Å²) in [5.74, 6) is 0. The largest absolute Gasteiger partial charge is 0.0922 e. The van der Waals surface area contributed by atoms with E-state index in [9.17, 15) is 0 Å². The van der Waals surface area contributed by atoms with Crippen molar-refractivity contribution in [1.82, 2.24) is 0 Å². The van der Waals surface area contributed by atoms with Crippen molar-refractivity contribution in [3.05, 3.63) is 33.8 Å². The zero-order chi connectivity index (χ0) is 11.5. The second-order valence-electron chi connectivity index (χ2n) is 4.22. The van der Waals surface area contributed by atoms with E-state index in [4.69, 9.17) is 23.2 Å². The fourth-order valence-electron chi connectivity index (χ4n) is 1.41. The number of hydrogen-bond acceptors (Lipinski definition) is 0. The summed E-state index contributed by atoms with van der Waals surface area (Å²) in [4.78, 5) is 0.